The minimum absolute atomic E-state index is 0. The van der Waals surface area contributed by atoms with E-state index in [1.807, 2.05) is 18.2 Å². The Hall–Kier alpha value is -5.83. The third kappa shape index (κ3) is 22.1. The molecule has 0 N–H and O–H groups in total. The van der Waals surface area contributed by atoms with Crippen molar-refractivity contribution in [3.8, 4) is 0 Å². The maximum absolute atomic E-state index is 6.28. The van der Waals surface area contributed by atoms with Gasteiger partial charge in [0.05, 0.1) is 17.0 Å². The van der Waals surface area contributed by atoms with Crippen LogP contribution < -0.4 is 19.6 Å². The summed E-state index contributed by atoms with van der Waals surface area (Å²) in [6.07, 6.45) is 31.7. The maximum Gasteiger partial charge on any atom is 0.0267 e. The van der Waals surface area contributed by atoms with E-state index < -0.39 is 27.0 Å². The molecule has 0 atom stereocenters. The standard InChI is InChI=1S/2C21H27N2.C18H33P.2C17H14.C5H5N.CH4.4ClH.2Ru/c2*1-14-9-16(3)20(17(4)10-14)22-7-8-23(13-22)21-18(5)11-15(2)12-19(21)6;1-4-10-16(11-5-1)19(17-12-6-2-7-13-17)18-14-8-3-9-15-18;2*1-12-6-3-4-9-15(12)16-11-10-14-8-5-7-13(2)17(14)16;1-2-4-6-5-3-1;;;;;;;/h2*9-13H,7-8H2,1-6H3;16-18H,1-15H2;2*3-9,11H,1-2H3;1-5H;1H4;4*1H;;/q2*-1;;;;;;;;;;2*+2/p-3. The molecule has 3 heterocycles. The molecule has 5 nitrogen and oxygen atoms in total. The van der Waals surface area contributed by atoms with Gasteiger partial charge in [-0.15, -0.1) is 0 Å². The number of hydrogen-bond acceptors (Lipinski definition) is 5. The van der Waals surface area contributed by atoms with Gasteiger partial charge in [0, 0.05) is 69.2 Å². The summed E-state index contributed by atoms with van der Waals surface area (Å²) in [6.45, 7) is 43.7. The van der Waals surface area contributed by atoms with Crippen LogP contribution in [0.2, 0.25) is 0 Å². The first-order chi connectivity index (χ1) is 53.4. The number of aryl methyl sites for hydroxylation is 16. The Kier molecular flexibility index (Phi) is 33.1. The maximum atomic E-state index is 6.28. The number of hydrogen-bond donors (Lipinski definition) is 0. The molecule has 16 rings (SSSR count). The van der Waals surface area contributed by atoms with Gasteiger partial charge >= 0.3 is 266 Å². The molecule has 9 aromatic rings. The average Bonchev–Trinajstić information content (AvgIpc) is 1.61. The Labute approximate surface area is 703 Å². The van der Waals surface area contributed by atoms with Crippen LogP contribution in [0.25, 0.3) is 11.1 Å². The summed E-state index contributed by atoms with van der Waals surface area (Å²) < 4.78 is 2.27. The molecular weight excluding hydrogens is 1650 g/mol. The molecule has 12 heteroatoms. The Bertz CT molecular complexity index is 4290. The van der Waals surface area contributed by atoms with E-state index in [9.17, 15) is 0 Å². The van der Waals surface area contributed by atoms with Crippen molar-refractivity contribution in [2.75, 3.05) is 45.8 Å². The molecule has 5 aliphatic carbocycles. The SMILES string of the molecule is C.C1CCC([PH+](C2CCCCC2)C2CCCCC2)CC1.Cc1cc(C)c(N2[CH-]N(c3c(C)cc(C)cc3C)CC2)c(C)c1.Cc1cc(C)c(N2[CH-]N(c3c(C)cc(C)cc3C)CC2)c(C)c1.Cc1ccccc1C1=C[C](=[Ru]([Cl])[Cl])c2cccc(C)c21.Cc1ccccc1C1=C[C](=[Ru]([Cl])[Cl])c2cccc(C)c21.c1ccncc1. The fourth-order valence-corrected chi connectivity index (χ4v) is 29.3. The molecule has 3 saturated carbocycles. The topological polar surface area (TPSA) is 25.9 Å². The van der Waals surface area contributed by atoms with Crippen molar-refractivity contribution in [3.63, 3.8) is 0 Å². The van der Waals surface area contributed by atoms with Crippen molar-refractivity contribution in [1.29, 1.82) is 0 Å². The second kappa shape index (κ2) is 41.8. The summed E-state index contributed by atoms with van der Waals surface area (Å²) in [6, 6.07) is 53.6. The van der Waals surface area contributed by atoms with Gasteiger partial charge in [-0.05, 0) is 217 Å². The minimum atomic E-state index is -1.92. The van der Waals surface area contributed by atoms with Crippen molar-refractivity contribution in [3.05, 3.63) is 312 Å². The summed E-state index contributed by atoms with van der Waals surface area (Å²) in [7, 11) is 25.1. The first kappa shape index (κ1) is 88.5. The van der Waals surface area contributed by atoms with Crippen molar-refractivity contribution in [2.24, 2.45) is 0 Å². The number of benzene rings is 8. The van der Waals surface area contributed by atoms with Crippen LogP contribution in [0.5, 0.6) is 0 Å². The number of nitrogens with zero attached hydrogens (tertiary/aromatic N) is 5. The number of anilines is 4. The van der Waals surface area contributed by atoms with Gasteiger partial charge in [0.25, 0.3) is 0 Å². The molecule has 1 aromatic heterocycles. The van der Waals surface area contributed by atoms with Crippen LogP contribution in [0.15, 0.2) is 176 Å². The molecule has 2 saturated heterocycles. The van der Waals surface area contributed by atoms with Gasteiger partial charge in [-0.3, -0.25) is 4.98 Å². The van der Waals surface area contributed by atoms with Crippen LogP contribution >= 0.6 is 46.7 Å². The molecular formula is C100H125Cl4N5PRu2-. The number of pyridine rings is 1. The number of rotatable bonds is 9. The number of aromatic nitrogens is 1. The number of halogens is 4. The normalized spacial score (nSPS) is 16.4. The van der Waals surface area contributed by atoms with Crippen molar-refractivity contribution >= 4 is 88.8 Å². The molecule has 0 spiro atoms. The molecule has 0 amide bonds. The number of allylic oxidation sites excluding steroid dienone is 2. The van der Waals surface area contributed by atoms with E-state index in [4.69, 9.17) is 38.8 Å². The second-order valence-electron chi connectivity index (χ2n) is 32.3. The largest absolute Gasteiger partial charge is 0.265 e. The van der Waals surface area contributed by atoms with Gasteiger partial charge < -0.3 is 19.6 Å². The van der Waals surface area contributed by atoms with Crippen molar-refractivity contribution in [2.45, 2.75) is 231 Å². The minimum Gasteiger partial charge on any atom is -0.265 e. The summed E-state index contributed by atoms with van der Waals surface area (Å²) in [5.41, 5.74) is 40.5. The first-order valence-electron chi connectivity index (χ1n) is 40.7. The van der Waals surface area contributed by atoms with E-state index in [1.54, 1.807) is 109 Å². The van der Waals surface area contributed by atoms with Gasteiger partial charge in [-0.1, -0.05) is 104 Å². The molecule has 600 valence electrons. The second-order valence-corrected chi connectivity index (χ2v) is 47.4. The van der Waals surface area contributed by atoms with E-state index in [2.05, 4.69) is 294 Å². The molecule has 8 aromatic carbocycles. The Morgan fingerprint density at radius 2 is 0.571 bits per heavy atom. The van der Waals surface area contributed by atoms with E-state index in [-0.39, 0.29) is 15.3 Å². The smallest absolute Gasteiger partial charge is 0.0267 e. The van der Waals surface area contributed by atoms with Crippen molar-refractivity contribution in [1.82, 2.24) is 4.98 Å². The van der Waals surface area contributed by atoms with Crippen LogP contribution in [0.4, 0.5) is 22.7 Å². The zero-order valence-corrected chi connectivity index (χ0v) is 76.5. The van der Waals surface area contributed by atoms with E-state index in [1.165, 1.54) is 173 Å². The predicted molar refractivity (Wildman–Crippen MR) is 491 cm³/mol. The van der Waals surface area contributed by atoms with Crippen molar-refractivity contribution < 1.29 is 27.0 Å². The van der Waals surface area contributed by atoms with Crippen LogP contribution in [-0.4, -0.2) is 56.4 Å². The molecule has 0 bridgehead atoms. The van der Waals surface area contributed by atoms with E-state index >= 15 is 0 Å². The Morgan fingerprint density at radius 1 is 0.312 bits per heavy atom. The molecule has 112 heavy (non-hydrogen) atoms. The van der Waals surface area contributed by atoms with E-state index in [0.717, 1.165) is 34.4 Å². The quantitative estimate of drug-likeness (QED) is 0.0815. The summed E-state index contributed by atoms with van der Waals surface area (Å²) in [5, 5.41) is 0. The average molecular weight is 1770 g/mol. The predicted octanol–water partition coefficient (Wildman–Crippen LogP) is 28.3. The molecule has 0 unspecified atom stereocenters. The van der Waals surface area contributed by atoms with Crippen LogP contribution in [0.3, 0.4) is 0 Å². The number of fused-ring (bicyclic) bond motifs is 2. The van der Waals surface area contributed by atoms with Gasteiger partial charge in [0.15, 0.2) is 0 Å². The molecule has 5 fully saturated rings. The van der Waals surface area contributed by atoms with E-state index in [0.29, 0.717) is 0 Å². The fraction of sp³-hybridized carbons (Fsp3) is 0.390. The zero-order valence-electron chi connectivity index (χ0n) is 69.0. The fourth-order valence-electron chi connectivity index (χ4n) is 19.2. The summed E-state index contributed by atoms with van der Waals surface area (Å²) in [5.74, 6) is 0. The summed E-state index contributed by atoms with van der Waals surface area (Å²) >= 11 is -3.84. The monoisotopic (exact) mass is 1770 g/mol. The van der Waals surface area contributed by atoms with Crippen LogP contribution in [0.1, 0.15) is 226 Å². The van der Waals surface area contributed by atoms with Gasteiger partial charge in [-0.2, -0.15) is 13.3 Å². The summed E-state index contributed by atoms with van der Waals surface area (Å²) in [4.78, 5) is 13.4. The molecule has 2 aliphatic heterocycles. The van der Waals surface area contributed by atoms with Crippen LogP contribution in [0, 0.1) is 124 Å². The molecule has 7 aliphatic rings. The van der Waals surface area contributed by atoms with Crippen LogP contribution in [-0.2, 0) is 27.0 Å². The van der Waals surface area contributed by atoms with Gasteiger partial charge in [-0.25, -0.2) is 0 Å². The first-order valence-corrected chi connectivity index (χ1v) is 53.1. The Balaban J connectivity index is 0.000000145. The Morgan fingerprint density at radius 3 is 0.812 bits per heavy atom. The molecule has 0 radical (unpaired) electrons. The third-order valence-electron chi connectivity index (χ3n) is 23.5. The van der Waals surface area contributed by atoms with Gasteiger partial charge in [0.1, 0.15) is 0 Å². The third-order valence-corrected chi connectivity index (χ3v) is 34.3. The zero-order chi connectivity index (χ0) is 79.2. The van der Waals surface area contributed by atoms with Gasteiger partial charge in [0.2, 0.25) is 0 Å².